The van der Waals surface area contributed by atoms with Crippen LogP contribution in [0, 0.1) is 0 Å². The SMILES string of the molecule is CCC=NF. The quantitative estimate of drug-likeness (QED) is 0.417. The number of hydrogen-bond acceptors (Lipinski definition) is 1. The molecule has 0 unspecified atom stereocenters. The second-order valence-electron chi connectivity index (χ2n) is 0.688. The lowest BCUT2D eigenvalue weighted by Crippen LogP contribution is -1.57. The van der Waals surface area contributed by atoms with Crippen LogP contribution in [0.25, 0.3) is 0 Å². The zero-order chi connectivity index (χ0) is 4.12. The minimum atomic E-state index is 0.677. The summed E-state index contributed by atoms with van der Waals surface area (Å²) in [5.41, 5.74) is 0. The van der Waals surface area contributed by atoms with E-state index in [1.807, 2.05) is 6.92 Å². The van der Waals surface area contributed by atoms with Crippen molar-refractivity contribution < 1.29 is 4.48 Å². The van der Waals surface area contributed by atoms with Crippen molar-refractivity contribution in [2.24, 2.45) is 5.21 Å². The van der Waals surface area contributed by atoms with Gasteiger partial charge in [0.15, 0.2) is 0 Å². The van der Waals surface area contributed by atoms with Gasteiger partial charge >= 0.3 is 0 Å². The molecule has 1 nitrogen and oxygen atoms in total. The zero-order valence-corrected chi connectivity index (χ0v) is 3.11. The van der Waals surface area contributed by atoms with Crippen LogP contribution in [0.1, 0.15) is 13.3 Å². The van der Waals surface area contributed by atoms with Gasteiger partial charge < -0.3 is 0 Å². The third-order valence-corrected chi connectivity index (χ3v) is 0.252. The molecule has 0 aliphatic rings. The Morgan fingerprint density at radius 3 is 2.60 bits per heavy atom. The Balaban J connectivity index is 2.62. The lowest BCUT2D eigenvalue weighted by atomic mass is 10.6. The maximum Gasteiger partial charge on any atom is 0.0371 e. The van der Waals surface area contributed by atoms with Crippen molar-refractivity contribution in [3.8, 4) is 0 Å². The molecule has 0 saturated heterocycles. The molecule has 0 aromatic heterocycles. The number of rotatable bonds is 1. The summed E-state index contributed by atoms with van der Waals surface area (Å²) < 4.78 is 10.6. The fourth-order valence-electron chi connectivity index (χ4n) is 0.0690. The van der Waals surface area contributed by atoms with E-state index in [0.29, 0.717) is 6.42 Å². The second kappa shape index (κ2) is 3.60. The van der Waals surface area contributed by atoms with E-state index >= 15 is 0 Å². The molecule has 0 atom stereocenters. The molecule has 0 bridgehead atoms. The molecule has 0 aliphatic heterocycles. The Morgan fingerprint density at radius 2 is 2.60 bits per heavy atom. The normalized spacial score (nSPS) is 10.0. The van der Waals surface area contributed by atoms with Crippen LogP contribution in [0.2, 0.25) is 0 Å². The molecule has 0 N–H and O–H groups in total. The van der Waals surface area contributed by atoms with Crippen molar-refractivity contribution in [1.82, 2.24) is 0 Å². The van der Waals surface area contributed by atoms with Gasteiger partial charge in [-0.3, -0.25) is 0 Å². The average Bonchev–Trinajstić information content (AvgIpc) is 1.41. The summed E-state index contributed by atoms with van der Waals surface area (Å²) >= 11 is 0. The first-order valence-corrected chi connectivity index (χ1v) is 1.54. The molecule has 0 aromatic rings. The van der Waals surface area contributed by atoms with E-state index in [2.05, 4.69) is 5.21 Å². The molecule has 0 aliphatic carbocycles. The summed E-state index contributed by atoms with van der Waals surface area (Å²) in [6.45, 7) is 1.82. The van der Waals surface area contributed by atoms with Gasteiger partial charge in [-0.15, -0.1) is 5.21 Å². The van der Waals surface area contributed by atoms with Crippen LogP contribution >= 0.6 is 0 Å². The van der Waals surface area contributed by atoms with Gasteiger partial charge in [0.1, 0.15) is 0 Å². The molecular formula is C3H6FN. The van der Waals surface area contributed by atoms with Gasteiger partial charge in [-0.25, -0.2) is 0 Å². The van der Waals surface area contributed by atoms with E-state index in [4.69, 9.17) is 0 Å². The highest BCUT2D eigenvalue weighted by Crippen LogP contribution is 1.66. The molecule has 0 spiro atoms. The first-order valence-electron chi connectivity index (χ1n) is 1.54. The summed E-state index contributed by atoms with van der Waals surface area (Å²) in [5, 5.41) is 2.23. The third-order valence-electron chi connectivity index (χ3n) is 0.252. The predicted molar refractivity (Wildman–Crippen MR) is 19.9 cm³/mol. The molecule has 0 radical (unpaired) electrons. The Hall–Kier alpha value is -0.400. The van der Waals surface area contributed by atoms with Crippen molar-refractivity contribution in [1.29, 1.82) is 0 Å². The maximum atomic E-state index is 10.6. The molecule has 2 heteroatoms. The topological polar surface area (TPSA) is 12.4 Å². The van der Waals surface area contributed by atoms with Crippen LogP contribution in [0.3, 0.4) is 0 Å². The molecule has 0 fully saturated rings. The number of nitrogens with zero attached hydrogens (tertiary/aromatic N) is 1. The fourth-order valence-corrected chi connectivity index (χ4v) is 0.0690. The monoisotopic (exact) mass is 75.0 g/mol. The average molecular weight is 75.1 g/mol. The summed E-state index contributed by atoms with van der Waals surface area (Å²) in [7, 11) is 0. The molecule has 30 valence electrons. The largest absolute Gasteiger partial charge is 0.100 e. The van der Waals surface area contributed by atoms with Crippen molar-refractivity contribution in [2.45, 2.75) is 13.3 Å². The molecular weight excluding hydrogens is 69.0 g/mol. The highest BCUT2D eigenvalue weighted by molar-refractivity contribution is 5.55. The van der Waals surface area contributed by atoms with Crippen LogP contribution in [0.5, 0.6) is 0 Å². The van der Waals surface area contributed by atoms with Gasteiger partial charge in [-0.1, -0.05) is 11.4 Å². The Morgan fingerprint density at radius 1 is 2.00 bits per heavy atom. The van der Waals surface area contributed by atoms with Crippen LogP contribution in [-0.2, 0) is 0 Å². The lowest BCUT2D eigenvalue weighted by Gasteiger charge is -1.61. The predicted octanol–water partition coefficient (Wildman–Crippen LogP) is 1.35. The fraction of sp³-hybridized carbons (Fsp3) is 0.667. The van der Waals surface area contributed by atoms with Crippen molar-refractivity contribution in [3.63, 3.8) is 0 Å². The smallest absolute Gasteiger partial charge is 0.0371 e. The van der Waals surface area contributed by atoms with Gasteiger partial charge in [0.2, 0.25) is 0 Å². The Labute approximate surface area is 30.5 Å². The van der Waals surface area contributed by atoms with Crippen LogP contribution in [-0.4, -0.2) is 6.21 Å². The van der Waals surface area contributed by atoms with E-state index in [1.165, 1.54) is 6.21 Å². The Kier molecular flexibility index (Phi) is 3.31. The van der Waals surface area contributed by atoms with Gasteiger partial charge in [0.25, 0.3) is 0 Å². The van der Waals surface area contributed by atoms with Gasteiger partial charge in [-0.2, -0.15) is 0 Å². The van der Waals surface area contributed by atoms with E-state index < -0.39 is 0 Å². The van der Waals surface area contributed by atoms with E-state index in [1.54, 1.807) is 0 Å². The van der Waals surface area contributed by atoms with Crippen molar-refractivity contribution >= 4 is 6.21 Å². The summed E-state index contributed by atoms with van der Waals surface area (Å²) in [4.78, 5) is 0. The van der Waals surface area contributed by atoms with Crippen LogP contribution < -0.4 is 0 Å². The standard InChI is InChI=1S/C3H6FN/c1-2-3-5-4/h3H,2H2,1H3. The van der Waals surface area contributed by atoms with E-state index in [0.717, 1.165) is 0 Å². The number of halogens is 1. The molecule has 0 amide bonds. The first-order chi connectivity index (χ1) is 2.41. The second-order valence-corrected chi connectivity index (χ2v) is 0.688. The highest BCUT2D eigenvalue weighted by Gasteiger charge is 1.56. The maximum absolute atomic E-state index is 10.6. The van der Waals surface area contributed by atoms with Gasteiger partial charge in [-0.05, 0) is 6.42 Å². The molecule has 0 saturated carbocycles. The van der Waals surface area contributed by atoms with E-state index in [9.17, 15) is 4.48 Å². The Bertz CT molecular complexity index is 33.9. The van der Waals surface area contributed by atoms with Crippen LogP contribution in [0.15, 0.2) is 5.21 Å². The van der Waals surface area contributed by atoms with Gasteiger partial charge in [0.05, 0.1) is 0 Å². The molecule has 0 aromatic carbocycles. The number of hydrogen-bond donors (Lipinski definition) is 0. The highest BCUT2D eigenvalue weighted by atomic mass is 19.2. The van der Waals surface area contributed by atoms with Crippen LogP contribution in [0.4, 0.5) is 4.48 Å². The molecule has 5 heavy (non-hydrogen) atoms. The van der Waals surface area contributed by atoms with Gasteiger partial charge in [0, 0.05) is 6.21 Å². The summed E-state index contributed by atoms with van der Waals surface area (Å²) in [6, 6.07) is 0. The van der Waals surface area contributed by atoms with Crippen molar-refractivity contribution in [3.05, 3.63) is 0 Å². The minimum absolute atomic E-state index is 0.677. The lowest BCUT2D eigenvalue weighted by molar-refractivity contribution is 0.539. The minimum Gasteiger partial charge on any atom is -0.100 e. The third kappa shape index (κ3) is 3.60. The molecule has 0 rings (SSSR count). The van der Waals surface area contributed by atoms with E-state index in [-0.39, 0.29) is 0 Å². The molecule has 0 heterocycles. The van der Waals surface area contributed by atoms with Crippen molar-refractivity contribution in [2.75, 3.05) is 0 Å². The summed E-state index contributed by atoms with van der Waals surface area (Å²) in [5.74, 6) is 0. The first kappa shape index (κ1) is 4.60. The summed E-state index contributed by atoms with van der Waals surface area (Å²) in [6.07, 6.45) is 1.89. The zero-order valence-electron chi connectivity index (χ0n) is 3.11.